The Morgan fingerprint density at radius 2 is 1.91 bits per heavy atom. The number of aromatic nitrogens is 4. The highest BCUT2D eigenvalue weighted by atomic mass is 32.2. The second kappa shape index (κ2) is 9.09. The number of para-hydroxylation sites is 2. The zero-order chi connectivity index (χ0) is 22.1. The average Bonchev–Trinajstić information content (AvgIpc) is 2.98. The van der Waals surface area contributed by atoms with Crippen LogP contribution < -0.4 is 10.3 Å². The minimum atomic E-state index is -0.0858. The first kappa shape index (κ1) is 21.2. The Hall–Kier alpha value is -2.62. The molecule has 0 radical (unpaired) electrons. The van der Waals surface area contributed by atoms with Crippen LogP contribution in [0.3, 0.4) is 0 Å². The molecule has 0 bridgehead atoms. The summed E-state index contributed by atoms with van der Waals surface area (Å²) in [4.78, 5) is 15.9. The Balaban J connectivity index is 1.69. The van der Waals surface area contributed by atoms with Gasteiger partial charge in [-0.2, -0.15) is 11.8 Å². The van der Waals surface area contributed by atoms with E-state index in [4.69, 9.17) is 22.1 Å². The summed E-state index contributed by atoms with van der Waals surface area (Å²) in [6, 6.07) is 15.3. The summed E-state index contributed by atoms with van der Waals surface area (Å²) in [5, 5.41) is 5.47. The molecule has 166 valence electrons. The lowest BCUT2D eigenvalue weighted by Crippen LogP contribution is -2.29. The molecular weight excluding hydrogens is 442 g/mol. The molecule has 1 saturated heterocycles. The summed E-state index contributed by atoms with van der Waals surface area (Å²) in [5.41, 5.74) is 1.61. The van der Waals surface area contributed by atoms with Crippen LogP contribution in [-0.4, -0.2) is 55.4 Å². The quantitative estimate of drug-likeness (QED) is 0.418. The maximum atomic E-state index is 13.5. The number of methoxy groups -OCH3 is 1. The number of ether oxygens (including phenoxy) is 1. The smallest absolute Gasteiger partial charge is 0.263 e. The van der Waals surface area contributed by atoms with E-state index in [0.717, 1.165) is 42.1 Å². The molecule has 0 atom stereocenters. The number of rotatable bonds is 5. The summed E-state index contributed by atoms with van der Waals surface area (Å²) >= 11 is 7.85. The van der Waals surface area contributed by atoms with Gasteiger partial charge in [-0.1, -0.05) is 30.3 Å². The van der Waals surface area contributed by atoms with Gasteiger partial charge in [0.2, 0.25) is 10.5 Å². The number of thioether (sulfide) groups is 1. The Morgan fingerprint density at radius 1 is 1.09 bits per heavy atom. The van der Waals surface area contributed by atoms with Crippen molar-refractivity contribution in [1.29, 1.82) is 0 Å². The Kier molecular flexibility index (Phi) is 6.03. The van der Waals surface area contributed by atoms with Gasteiger partial charge in [0.25, 0.3) is 5.56 Å². The topological polar surface area (TPSA) is 56.7 Å². The molecule has 5 rings (SSSR count). The van der Waals surface area contributed by atoms with Gasteiger partial charge in [0.15, 0.2) is 0 Å². The summed E-state index contributed by atoms with van der Waals surface area (Å²) in [6.45, 7) is 3.01. The van der Waals surface area contributed by atoms with E-state index in [2.05, 4.69) is 4.90 Å². The molecule has 2 aromatic carbocycles. The molecule has 0 spiro atoms. The summed E-state index contributed by atoms with van der Waals surface area (Å²) < 4.78 is 11.6. The third-order valence-electron chi connectivity index (χ3n) is 5.85. The fourth-order valence-corrected chi connectivity index (χ4v) is 5.44. The lowest BCUT2D eigenvalue weighted by Gasteiger charge is -2.18. The van der Waals surface area contributed by atoms with E-state index in [9.17, 15) is 4.79 Å². The van der Waals surface area contributed by atoms with Crippen LogP contribution in [0.1, 0.15) is 12.0 Å². The summed E-state index contributed by atoms with van der Waals surface area (Å²) in [6.07, 6.45) is 1.16. The third kappa shape index (κ3) is 3.85. The Morgan fingerprint density at radius 3 is 2.78 bits per heavy atom. The first-order valence-electron chi connectivity index (χ1n) is 10.7. The molecule has 0 unspecified atom stereocenters. The van der Waals surface area contributed by atoms with E-state index >= 15 is 0 Å². The van der Waals surface area contributed by atoms with Gasteiger partial charge < -0.3 is 4.74 Å². The minimum absolute atomic E-state index is 0.0858. The van der Waals surface area contributed by atoms with Crippen molar-refractivity contribution >= 4 is 40.7 Å². The van der Waals surface area contributed by atoms with Gasteiger partial charge in [-0.25, -0.2) is 4.68 Å². The highest BCUT2D eigenvalue weighted by molar-refractivity contribution is 7.99. The van der Waals surface area contributed by atoms with Crippen molar-refractivity contribution in [2.24, 2.45) is 0 Å². The van der Waals surface area contributed by atoms with Crippen LogP contribution in [0.2, 0.25) is 0 Å². The number of hydrogen-bond acceptors (Lipinski definition) is 6. The molecule has 2 aromatic heterocycles. The van der Waals surface area contributed by atoms with Crippen LogP contribution in [0.15, 0.2) is 53.3 Å². The molecule has 0 aliphatic carbocycles. The SMILES string of the molecule is COc1ccccc1Cn1c(=O)c2ccccc2n2c(=S)n(CN3CCCSCC3)nc12. The molecule has 0 N–H and O–H groups in total. The van der Waals surface area contributed by atoms with Crippen LogP contribution in [-0.2, 0) is 13.2 Å². The zero-order valence-electron chi connectivity index (χ0n) is 17.9. The first-order valence-corrected chi connectivity index (χ1v) is 12.3. The van der Waals surface area contributed by atoms with Crippen LogP contribution in [0.4, 0.5) is 0 Å². The largest absolute Gasteiger partial charge is 0.496 e. The van der Waals surface area contributed by atoms with Gasteiger partial charge in [-0.15, -0.1) is 5.10 Å². The summed E-state index contributed by atoms with van der Waals surface area (Å²) in [5.74, 6) is 3.60. The molecule has 1 fully saturated rings. The second-order valence-electron chi connectivity index (χ2n) is 7.86. The van der Waals surface area contributed by atoms with Gasteiger partial charge in [-0.3, -0.25) is 18.7 Å². The predicted octanol–water partition coefficient (Wildman–Crippen LogP) is 3.63. The fraction of sp³-hybridized carbons (Fsp3) is 0.348. The molecule has 32 heavy (non-hydrogen) atoms. The van der Waals surface area contributed by atoms with Crippen molar-refractivity contribution in [2.45, 2.75) is 19.6 Å². The molecule has 9 heteroatoms. The Bertz CT molecular complexity index is 1380. The zero-order valence-corrected chi connectivity index (χ0v) is 19.6. The van der Waals surface area contributed by atoms with E-state index in [1.165, 1.54) is 5.75 Å². The standard InChI is InChI=1S/C23H25N5O2S2/c1-30-20-10-5-2-7-17(20)15-26-21(29)18-8-3-4-9-19(18)28-22(26)24-27(23(28)31)16-25-11-6-13-32-14-12-25/h2-5,7-10H,6,11-16H2,1H3. The summed E-state index contributed by atoms with van der Waals surface area (Å²) in [7, 11) is 1.64. The lowest BCUT2D eigenvalue weighted by molar-refractivity contribution is 0.222. The number of fused-ring (bicyclic) bond motifs is 3. The normalized spacial score (nSPS) is 15.3. The number of nitrogens with zero attached hydrogens (tertiary/aromatic N) is 5. The van der Waals surface area contributed by atoms with E-state index in [1.54, 1.807) is 11.7 Å². The second-order valence-corrected chi connectivity index (χ2v) is 9.45. The highest BCUT2D eigenvalue weighted by Crippen LogP contribution is 2.21. The number of hydrogen-bond donors (Lipinski definition) is 0. The van der Waals surface area contributed by atoms with Crippen molar-refractivity contribution in [3.63, 3.8) is 0 Å². The molecule has 4 aromatic rings. The lowest BCUT2D eigenvalue weighted by atomic mass is 10.2. The van der Waals surface area contributed by atoms with Crippen LogP contribution in [0, 0.1) is 4.77 Å². The van der Waals surface area contributed by atoms with Crippen LogP contribution in [0.25, 0.3) is 16.7 Å². The van der Waals surface area contributed by atoms with Gasteiger partial charge in [0, 0.05) is 24.4 Å². The molecule has 1 aliphatic rings. The van der Waals surface area contributed by atoms with Gasteiger partial charge in [0.1, 0.15) is 5.75 Å². The first-order chi connectivity index (χ1) is 15.7. The van der Waals surface area contributed by atoms with Crippen molar-refractivity contribution in [2.75, 3.05) is 31.7 Å². The van der Waals surface area contributed by atoms with Crippen molar-refractivity contribution < 1.29 is 4.74 Å². The van der Waals surface area contributed by atoms with Gasteiger partial charge in [0.05, 0.1) is 31.2 Å². The van der Waals surface area contributed by atoms with Crippen molar-refractivity contribution in [3.05, 3.63) is 69.2 Å². The Labute approximate surface area is 195 Å². The monoisotopic (exact) mass is 467 g/mol. The van der Waals surface area contributed by atoms with Gasteiger partial charge >= 0.3 is 0 Å². The van der Waals surface area contributed by atoms with Crippen molar-refractivity contribution in [3.8, 4) is 5.75 Å². The molecule has 0 saturated carbocycles. The maximum Gasteiger partial charge on any atom is 0.263 e. The van der Waals surface area contributed by atoms with E-state index in [-0.39, 0.29) is 5.56 Å². The third-order valence-corrected chi connectivity index (χ3v) is 7.30. The van der Waals surface area contributed by atoms with Crippen LogP contribution in [0.5, 0.6) is 5.75 Å². The predicted molar refractivity (Wildman–Crippen MR) is 131 cm³/mol. The van der Waals surface area contributed by atoms with Crippen LogP contribution >= 0.6 is 24.0 Å². The molecular formula is C23H25N5O2S2. The van der Waals surface area contributed by atoms with E-state index in [1.807, 2.05) is 69.4 Å². The van der Waals surface area contributed by atoms with Crippen molar-refractivity contribution in [1.82, 2.24) is 23.6 Å². The fourth-order valence-electron chi connectivity index (χ4n) is 4.23. The average molecular weight is 468 g/mol. The molecule has 1 aliphatic heterocycles. The maximum absolute atomic E-state index is 13.5. The molecule has 7 nitrogen and oxygen atoms in total. The van der Waals surface area contributed by atoms with E-state index in [0.29, 0.717) is 29.1 Å². The highest BCUT2D eigenvalue weighted by Gasteiger charge is 2.18. The van der Waals surface area contributed by atoms with Gasteiger partial charge in [-0.05, 0) is 42.6 Å². The number of benzene rings is 2. The minimum Gasteiger partial charge on any atom is -0.496 e. The van der Waals surface area contributed by atoms with E-state index < -0.39 is 0 Å². The molecule has 3 heterocycles. The molecule has 0 amide bonds.